The molecule has 1 N–H and O–H groups in total. The fourth-order valence-corrected chi connectivity index (χ4v) is 4.65. The Morgan fingerprint density at radius 1 is 1.00 bits per heavy atom. The lowest BCUT2D eigenvalue weighted by molar-refractivity contribution is 0.0955. The van der Waals surface area contributed by atoms with Gasteiger partial charge in [-0.25, -0.2) is 13.8 Å². The lowest BCUT2D eigenvalue weighted by Crippen LogP contribution is -2.29. The van der Waals surface area contributed by atoms with Crippen LogP contribution < -0.4 is 9.73 Å². The Bertz CT molecular complexity index is 1300. The molecule has 0 saturated carbocycles. The zero-order chi connectivity index (χ0) is 24.2. The Kier molecular flexibility index (Phi) is 8.38. The highest BCUT2D eigenvalue weighted by atomic mass is 127. The third-order valence-corrected chi connectivity index (χ3v) is 7.38. The van der Waals surface area contributed by atoms with Gasteiger partial charge in [0.2, 0.25) is 10.0 Å². The van der Waals surface area contributed by atoms with Crippen molar-refractivity contribution in [2.24, 2.45) is 5.10 Å². The molecule has 0 heterocycles. The smallest absolute Gasteiger partial charge is 0.267 e. The molecule has 3 aromatic rings. The summed E-state index contributed by atoms with van der Waals surface area (Å²) in [5.74, 6) is -0.371. The van der Waals surface area contributed by atoms with Gasteiger partial charge in [-0.1, -0.05) is 53.5 Å². The summed E-state index contributed by atoms with van der Waals surface area (Å²) < 4.78 is 27.1. The van der Waals surface area contributed by atoms with Crippen LogP contribution in [0.3, 0.4) is 0 Å². The molecule has 0 aromatic heterocycles. The first-order valence-corrected chi connectivity index (χ1v) is 13.4. The quantitative estimate of drug-likeness (QED) is 0.210. The molecule has 172 valence electrons. The maximum Gasteiger partial charge on any atom is 0.271 e. The average Bonchev–Trinajstić information content (AvgIpc) is 2.78. The molecule has 0 spiro atoms. The minimum atomic E-state index is -3.64. The van der Waals surface area contributed by atoms with Crippen molar-refractivity contribution in [2.45, 2.75) is 13.5 Å². The Morgan fingerprint density at radius 3 is 2.21 bits per heavy atom. The maximum absolute atomic E-state index is 12.5. The molecule has 0 aliphatic carbocycles. The number of carbonyl (C=O) groups excluding carboxylic acids is 1. The second-order valence-corrected chi connectivity index (χ2v) is 11.1. The second kappa shape index (κ2) is 10.9. The summed E-state index contributed by atoms with van der Waals surface area (Å²) in [6, 6.07) is 19.2. The molecule has 0 unspecified atom stereocenters. The molecule has 3 rings (SSSR count). The number of rotatable bonds is 7. The van der Waals surface area contributed by atoms with Gasteiger partial charge in [0.1, 0.15) is 0 Å². The van der Waals surface area contributed by atoms with E-state index in [2.05, 4.69) is 33.1 Å². The van der Waals surface area contributed by atoms with Gasteiger partial charge < -0.3 is 0 Å². The van der Waals surface area contributed by atoms with Gasteiger partial charge in [-0.15, -0.1) is 0 Å². The van der Waals surface area contributed by atoms with Crippen LogP contribution in [0.2, 0.25) is 10.0 Å². The highest BCUT2D eigenvalue weighted by Crippen LogP contribution is 2.34. The predicted octanol–water partition coefficient (Wildman–Crippen LogP) is 5.72. The van der Waals surface area contributed by atoms with Gasteiger partial charge >= 0.3 is 0 Å². The molecular formula is C23H20Cl2IN3O3S. The van der Waals surface area contributed by atoms with E-state index in [1.165, 1.54) is 4.31 Å². The number of carbonyl (C=O) groups is 1. The molecule has 0 aliphatic rings. The van der Waals surface area contributed by atoms with Crippen molar-refractivity contribution in [3.8, 4) is 0 Å². The second-order valence-electron chi connectivity index (χ2n) is 7.18. The third kappa shape index (κ3) is 6.69. The van der Waals surface area contributed by atoms with Crippen molar-refractivity contribution in [3.05, 3.63) is 97.0 Å². The molecule has 0 aliphatic heterocycles. The van der Waals surface area contributed by atoms with Gasteiger partial charge in [0.05, 0.1) is 34.2 Å². The highest BCUT2D eigenvalue weighted by molar-refractivity contribution is 14.1. The van der Waals surface area contributed by atoms with E-state index in [-0.39, 0.29) is 28.2 Å². The normalized spacial score (nSPS) is 11.8. The zero-order valence-electron chi connectivity index (χ0n) is 17.7. The number of nitrogens with zero attached hydrogens (tertiary/aromatic N) is 2. The molecule has 10 heteroatoms. The van der Waals surface area contributed by atoms with E-state index >= 15 is 0 Å². The average molecular weight is 616 g/mol. The fourth-order valence-electron chi connectivity index (χ4n) is 2.95. The Labute approximate surface area is 216 Å². The Morgan fingerprint density at radius 2 is 1.61 bits per heavy atom. The first-order chi connectivity index (χ1) is 15.6. The van der Waals surface area contributed by atoms with E-state index < -0.39 is 10.0 Å². The Hall–Kier alpha value is -2.14. The molecular weight excluding hydrogens is 596 g/mol. The zero-order valence-corrected chi connectivity index (χ0v) is 22.2. The van der Waals surface area contributed by atoms with Gasteiger partial charge in [-0.3, -0.25) is 9.10 Å². The summed E-state index contributed by atoms with van der Waals surface area (Å²) in [4.78, 5) is 12.5. The van der Waals surface area contributed by atoms with Crippen LogP contribution in [0.5, 0.6) is 0 Å². The molecule has 0 atom stereocenters. The van der Waals surface area contributed by atoms with Crippen LogP contribution >= 0.6 is 45.8 Å². The standard InChI is InChI=1S/C23H20Cl2IN3O3S/c1-15(17-10-12-19(26)13-11-17)27-28-23(30)18-8-6-16(7-9-18)14-29(33(2,31)32)21-5-3-4-20(24)22(21)25/h3-13H,14H2,1-2H3,(H,28,30)/b27-15-. The van der Waals surface area contributed by atoms with E-state index in [1.807, 2.05) is 31.2 Å². The van der Waals surface area contributed by atoms with Crippen LogP contribution in [-0.2, 0) is 16.6 Å². The van der Waals surface area contributed by atoms with Crippen molar-refractivity contribution in [1.29, 1.82) is 0 Å². The first kappa shape index (κ1) is 25.5. The predicted molar refractivity (Wildman–Crippen MR) is 143 cm³/mol. The minimum Gasteiger partial charge on any atom is -0.267 e. The van der Waals surface area contributed by atoms with Crippen molar-refractivity contribution in [1.82, 2.24) is 5.43 Å². The van der Waals surface area contributed by atoms with E-state index in [1.54, 1.807) is 42.5 Å². The lowest BCUT2D eigenvalue weighted by Gasteiger charge is -2.24. The number of hydrogen-bond acceptors (Lipinski definition) is 4. The van der Waals surface area contributed by atoms with E-state index in [0.29, 0.717) is 16.8 Å². The van der Waals surface area contributed by atoms with Crippen molar-refractivity contribution >= 4 is 73.1 Å². The van der Waals surface area contributed by atoms with E-state index in [0.717, 1.165) is 15.4 Å². The molecule has 1 amide bonds. The van der Waals surface area contributed by atoms with Crippen molar-refractivity contribution < 1.29 is 13.2 Å². The van der Waals surface area contributed by atoms with Crippen LogP contribution in [0, 0.1) is 3.57 Å². The number of benzene rings is 3. The lowest BCUT2D eigenvalue weighted by atomic mass is 10.1. The number of halogens is 3. The molecule has 3 aromatic carbocycles. The van der Waals surface area contributed by atoms with Crippen molar-refractivity contribution in [3.63, 3.8) is 0 Å². The van der Waals surface area contributed by atoms with E-state index in [4.69, 9.17) is 23.2 Å². The first-order valence-electron chi connectivity index (χ1n) is 9.67. The summed E-state index contributed by atoms with van der Waals surface area (Å²) in [6.45, 7) is 1.84. The molecule has 33 heavy (non-hydrogen) atoms. The summed E-state index contributed by atoms with van der Waals surface area (Å²) in [7, 11) is -3.64. The summed E-state index contributed by atoms with van der Waals surface area (Å²) in [6.07, 6.45) is 1.10. The molecule has 0 saturated heterocycles. The number of amides is 1. The van der Waals surface area contributed by atoms with Crippen LogP contribution in [0.25, 0.3) is 0 Å². The number of anilines is 1. The molecule has 0 bridgehead atoms. The van der Waals surface area contributed by atoms with Gasteiger partial charge in [0, 0.05) is 9.13 Å². The largest absolute Gasteiger partial charge is 0.271 e. The Balaban J connectivity index is 1.74. The summed E-state index contributed by atoms with van der Waals surface area (Å²) in [5, 5.41) is 4.58. The number of hydrazone groups is 1. The summed E-state index contributed by atoms with van der Waals surface area (Å²) >= 11 is 14.5. The SMILES string of the molecule is C/C(=N/NC(=O)c1ccc(CN(c2cccc(Cl)c2Cl)S(C)(=O)=O)cc1)c1ccc(I)cc1. The minimum absolute atomic E-state index is 0.0326. The monoisotopic (exact) mass is 615 g/mol. The van der Waals surface area contributed by atoms with Gasteiger partial charge in [0.15, 0.2) is 0 Å². The topological polar surface area (TPSA) is 78.8 Å². The van der Waals surface area contributed by atoms with Crippen molar-refractivity contribution in [2.75, 3.05) is 10.6 Å². The fraction of sp³-hybridized carbons (Fsp3) is 0.130. The molecule has 6 nitrogen and oxygen atoms in total. The van der Waals surface area contributed by atoms with Crippen LogP contribution in [-0.4, -0.2) is 26.3 Å². The highest BCUT2D eigenvalue weighted by Gasteiger charge is 2.21. The molecule has 0 radical (unpaired) electrons. The van der Waals surface area contributed by atoms with E-state index in [9.17, 15) is 13.2 Å². The third-order valence-electron chi connectivity index (χ3n) is 4.73. The maximum atomic E-state index is 12.5. The van der Waals surface area contributed by atoms with Crippen LogP contribution in [0.4, 0.5) is 5.69 Å². The van der Waals surface area contributed by atoms with Gasteiger partial charge in [0.25, 0.3) is 5.91 Å². The summed E-state index contributed by atoms with van der Waals surface area (Å²) in [5.41, 5.74) is 5.48. The van der Waals surface area contributed by atoms with Crippen LogP contribution in [0.15, 0.2) is 71.8 Å². The number of nitrogens with one attached hydrogen (secondary N) is 1. The van der Waals surface area contributed by atoms with Gasteiger partial charge in [-0.05, 0) is 77.0 Å². The van der Waals surface area contributed by atoms with Crippen LogP contribution in [0.1, 0.15) is 28.4 Å². The van der Waals surface area contributed by atoms with Gasteiger partial charge in [-0.2, -0.15) is 5.10 Å². The number of hydrogen-bond donors (Lipinski definition) is 1. The number of sulfonamides is 1. The molecule has 0 fully saturated rings.